The Morgan fingerprint density at radius 1 is 1.53 bits per heavy atom. The zero-order chi connectivity index (χ0) is 12.4. The Labute approximate surface area is 103 Å². The molecular weight excluding hydrogens is 242 g/mol. The van der Waals surface area contributed by atoms with Crippen LogP contribution in [-0.4, -0.2) is 23.7 Å². The van der Waals surface area contributed by atoms with E-state index in [2.05, 4.69) is 5.43 Å². The third-order valence-electron chi connectivity index (χ3n) is 2.63. The van der Waals surface area contributed by atoms with Gasteiger partial charge in [-0.3, -0.25) is 15.0 Å². The first-order valence-electron chi connectivity index (χ1n) is 5.17. The van der Waals surface area contributed by atoms with Gasteiger partial charge in [-0.05, 0) is 18.2 Å². The molecule has 2 rings (SSSR count). The highest BCUT2D eigenvalue weighted by Gasteiger charge is 2.29. The number of rotatable bonds is 2. The molecule has 6 heteroatoms. The number of nitrogens with one attached hydrogen (secondary N) is 1. The van der Waals surface area contributed by atoms with Crippen LogP contribution in [-0.2, 0) is 4.79 Å². The molecule has 0 saturated carbocycles. The molecule has 0 bridgehead atoms. The van der Waals surface area contributed by atoms with E-state index in [4.69, 9.17) is 17.4 Å². The van der Waals surface area contributed by atoms with E-state index in [1.165, 1.54) is 0 Å². The van der Waals surface area contributed by atoms with Gasteiger partial charge in [0.2, 0.25) is 5.91 Å². The number of hydrazine groups is 1. The van der Waals surface area contributed by atoms with E-state index < -0.39 is 0 Å². The second-order valence-electron chi connectivity index (χ2n) is 3.83. The Balaban J connectivity index is 2.27. The second-order valence-corrected chi connectivity index (χ2v) is 4.45. The predicted molar refractivity (Wildman–Crippen MR) is 64.7 cm³/mol. The maximum Gasteiger partial charge on any atom is 0.265 e. The number of hydrogen-bond donors (Lipinski definition) is 2. The molecule has 1 aliphatic heterocycles. The smallest absolute Gasteiger partial charge is 0.265 e. The molecule has 1 heterocycles. The van der Waals surface area contributed by atoms with E-state index in [1.54, 1.807) is 29.2 Å². The van der Waals surface area contributed by atoms with E-state index in [0.717, 1.165) is 0 Å². The van der Waals surface area contributed by atoms with Crippen molar-refractivity contribution in [3.8, 4) is 0 Å². The first kappa shape index (κ1) is 11.9. The van der Waals surface area contributed by atoms with Gasteiger partial charge in [0, 0.05) is 24.2 Å². The lowest BCUT2D eigenvalue weighted by molar-refractivity contribution is -0.117. The molecule has 1 aromatic rings. The molecule has 1 atom stereocenters. The topological polar surface area (TPSA) is 75.4 Å². The number of carbonyl (C=O) groups excluding carboxylic acids is 2. The molecule has 0 aromatic heterocycles. The van der Waals surface area contributed by atoms with Gasteiger partial charge in [0.15, 0.2) is 0 Å². The summed E-state index contributed by atoms with van der Waals surface area (Å²) in [6, 6.07) is 6.72. The van der Waals surface area contributed by atoms with Gasteiger partial charge >= 0.3 is 0 Å². The Bertz CT molecular complexity index is 464. The van der Waals surface area contributed by atoms with Crippen LogP contribution in [0.2, 0.25) is 0 Å². The minimum absolute atomic E-state index is 0.0321. The molecule has 90 valence electrons. The first-order valence-corrected chi connectivity index (χ1v) is 5.61. The molecule has 0 radical (unpaired) electrons. The maximum atomic E-state index is 11.7. The summed E-state index contributed by atoms with van der Waals surface area (Å²) in [6.07, 6.45) is 0.328. The number of hydrogen-bond acceptors (Lipinski definition) is 3. The zero-order valence-electron chi connectivity index (χ0n) is 9.02. The summed E-state index contributed by atoms with van der Waals surface area (Å²) in [4.78, 5) is 24.6. The number of amides is 2. The number of nitrogen functional groups attached to an aromatic ring is 1. The van der Waals surface area contributed by atoms with Crippen LogP contribution in [0, 0.1) is 0 Å². The summed E-state index contributed by atoms with van der Waals surface area (Å²) in [5.74, 6) is 4.64. The van der Waals surface area contributed by atoms with Crippen LogP contribution in [0.3, 0.4) is 0 Å². The summed E-state index contributed by atoms with van der Waals surface area (Å²) in [5.41, 5.74) is 3.13. The van der Waals surface area contributed by atoms with Crippen LogP contribution in [0.25, 0.3) is 0 Å². The maximum absolute atomic E-state index is 11.7. The lowest BCUT2D eigenvalue weighted by atomic mass is 10.2. The molecule has 2 amide bonds. The van der Waals surface area contributed by atoms with E-state index in [9.17, 15) is 9.59 Å². The van der Waals surface area contributed by atoms with Gasteiger partial charge in [-0.15, -0.1) is 11.6 Å². The van der Waals surface area contributed by atoms with E-state index in [-0.39, 0.29) is 17.2 Å². The van der Waals surface area contributed by atoms with Crippen LogP contribution in [0.15, 0.2) is 24.3 Å². The van der Waals surface area contributed by atoms with Crippen molar-refractivity contribution in [2.75, 3.05) is 11.4 Å². The summed E-state index contributed by atoms with van der Waals surface area (Å²) < 4.78 is 0. The van der Waals surface area contributed by atoms with Crippen molar-refractivity contribution in [1.29, 1.82) is 0 Å². The highest BCUT2D eigenvalue weighted by molar-refractivity contribution is 6.24. The lowest BCUT2D eigenvalue weighted by Gasteiger charge is -2.16. The largest absolute Gasteiger partial charge is 0.311 e. The first-order chi connectivity index (χ1) is 8.11. The average Bonchev–Trinajstić information content (AvgIpc) is 2.67. The monoisotopic (exact) mass is 253 g/mol. The number of alkyl halides is 1. The number of nitrogens with zero attached hydrogens (tertiary/aromatic N) is 1. The van der Waals surface area contributed by atoms with Crippen molar-refractivity contribution in [2.45, 2.75) is 11.8 Å². The zero-order valence-corrected chi connectivity index (χ0v) is 9.78. The van der Waals surface area contributed by atoms with E-state index >= 15 is 0 Å². The second kappa shape index (κ2) is 4.73. The van der Waals surface area contributed by atoms with Crippen molar-refractivity contribution in [3.63, 3.8) is 0 Å². The Kier molecular flexibility index (Phi) is 3.31. The summed E-state index contributed by atoms with van der Waals surface area (Å²) >= 11 is 5.92. The number of carbonyl (C=O) groups is 2. The molecule has 0 spiro atoms. The molecule has 1 aliphatic rings. The third kappa shape index (κ3) is 2.40. The van der Waals surface area contributed by atoms with Crippen LogP contribution in [0.1, 0.15) is 16.8 Å². The number of halogens is 1. The average molecular weight is 254 g/mol. The SMILES string of the molecule is NNC(=O)c1cccc(N2CC(Cl)CC2=O)c1. The molecule has 0 aliphatic carbocycles. The molecule has 3 N–H and O–H groups in total. The van der Waals surface area contributed by atoms with Gasteiger partial charge in [-0.25, -0.2) is 5.84 Å². The fourth-order valence-corrected chi connectivity index (χ4v) is 2.08. The number of benzene rings is 1. The van der Waals surface area contributed by atoms with Crippen molar-refractivity contribution < 1.29 is 9.59 Å². The van der Waals surface area contributed by atoms with Crippen LogP contribution < -0.4 is 16.2 Å². The van der Waals surface area contributed by atoms with Gasteiger partial charge in [0.25, 0.3) is 5.91 Å². The van der Waals surface area contributed by atoms with Crippen LogP contribution in [0.4, 0.5) is 5.69 Å². The van der Waals surface area contributed by atoms with E-state index in [1.807, 2.05) is 0 Å². The highest BCUT2D eigenvalue weighted by Crippen LogP contribution is 2.24. The van der Waals surface area contributed by atoms with Gasteiger partial charge in [0.1, 0.15) is 0 Å². The minimum Gasteiger partial charge on any atom is -0.311 e. The van der Waals surface area contributed by atoms with Gasteiger partial charge < -0.3 is 4.90 Å². The summed E-state index contributed by atoms with van der Waals surface area (Å²) in [6.45, 7) is 0.466. The molecule has 1 saturated heterocycles. The third-order valence-corrected chi connectivity index (χ3v) is 2.92. The van der Waals surface area contributed by atoms with Crippen molar-refractivity contribution >= 4 is 29.1 Å². The predicted octanol–water partition coefficient (Wildman–Crippen LogP) is 0.634. The molecule has 1 aromatic carbocycles. The molecule has 5 nitrogen and oxygen atoms in total. The van der Waals surface area contributed by atoms with Crippen molar-refractivity contribution in [2.24, 2.45) is 5.84 Å². The van der Waals surface area contributed by atoms with Crippen molar-refractivity contribution in [3.05, 3.63) is 29.8 Å². The molecule has 1 fully saturated rings. The fraction of sp³-hybridized carbons (Fsp3) is 0.273. The minimum atomic E-state index is -0.388. The van der Waals surface area contributed by atoms with E-state index in [0.29, 0.717) is 24.2 Å². The summed E-state index contributed by atoms with van der Waals surface area (Å²) in [5, 5.41) is -0.172. The Morgan fingerprint density at radius 2 is 2.29 bits per heavy atom. The molecular formula is C11H12ClN3O2. The number of nitrogens with two attached hydrogens (primary N) is 1. The van der Waals surface area contributed by atoms with Gasteiger partial charge in [0.05, 0.1) is 5.38 Å². The number of anilines is 1. The Hall–Kier alpha value is -1.59. The van der Waals surface area contributed by atoms with Gasteiger partial charge in [-0.1, -0.05) is 6.07 Å². The quantitative estimate of drug-likeness (QED) is 0.351. The summed E-state index contributed by atoms with van der Waals surface area (Å²) in [7, 11) is 0. The normalized spacial score (nSPS) is 19.5. The molecule has 1 unspecified atom stereocenters. The highest BCUT2D eigenvalue weighted by atomic mass is 35.5. The Morgan fingerprint density at radius 3 is 2.88 bits per heavy atom. The van der Waals surface area contributed by atoms with Crippen molar-refractivity contribution in [1.82, 2.24) is 5.43 Å². The standard InChI is InChI=1S/C11H12ClN3O2/c12-8-5-10(16)15(6-8)9-3-1-2-7(4-9)11(17)14-13/h1-4,8H,5-6,13H2,(H,14,17). The van der Waals surface area contributed by atoms with Gasteiger partial charge in [-0.2, -0.15) is 0 Å². The molecule has 17 heavy (non-hydrogen) atoms. The lowest BCUT2D eigenvalue weighted by Crippen LogP contribution is -2.30. The van der Waals surface area contributed by atoms with Crippen LogP contribution >= 0.6 is 11.6 Å². The van der Waals surface area contributed by atoms with Crippen LogP contribution in [0.5, 0.6) is 0 Å². The fourth-order valence-electron chi connectivity index (χ4n) is 1.81.